The van der Waals surface area contributed by atoms with Gasteiger partial charge in [-0.3, -0.25) is 9.69 Å². The lowest BCUT2D eigenvalue weighted by molar-refractivity contribution is -0.146. The monoisotopic (exact) mass is 334 g/mol. The van der Waals surface area contributed by atoms with Gasteiger partial charge in [0.2, 0.25) is 5.91 Å². The normalized spacial score (nSPS) is 23.2. The number of carbonyl (C=O) groups excluding carboxylic acids is 2. The van der Waals surface area contributed by atoms with Crippen molar-refractivity contribution in [3.8, 4) is 0 Å². The van der Waals surface area contributed by atoms with E-state index in [1.165, 1.54) is 16.7 Å². The fourth-order valence-corrected chi connectivity index (χ4v) is 3.76. The summed E-state index contributed by atoms with van der Waals surface area (Å²) < 4.78 is 5.17. The number of aliphatic carboxylic acids is 1. The van der Waals surface area contributed by atoms with Gasteiger partial charge in [-0.05, 0) is 12.1 Å². The van der Waals surface area contributed by atoms with E-state index in [9.17, 15) is 19.5 Å². The highest BCUT2D eigenvalue weighted by atomic mass is 32.2. The number of esters is 1. The summed E-state index contributed by atoms with van der Waals surface area (Å²) in [5.41, 5.74) is 6.40. The minimum absolute atomic E-state index is 0.168. The van der Waals surface area contributed by atoms with Crippen LogP contribution in [0.1, 0.15) is 16.8 Å². The van der Waals surface area contributed by atoms with E-state index in [1.807, 2.05) is 0 Å². The number of carboxylic acids is 1. The minimum Gasteiger partial charge on any atom is -0.477 e. The first-order chi connectivity index (χ1) is 11.0. The highest BCUT2D eigenvalue weighted by molar-refractivity contribution is 8.00. The lowest BCUT2D eigenvalue weighted by Crippen LogP contribution is -2.56. The molecule has 1 amide bonds. The number of nitrogens with two attached hydrogens (primary N) is 1. The molecule has 3 rings (SSSR count). The number of benzene rings is 1. The number of hydrogen-bond acceptors (Lipinski definition) is 6. The van der Waals surface area contributed by atoms with E-state index in [4.69, 9.17) is 10.5 Å². The summed E-state index contributed by atoms with van der Waals surface area (Å²) >= 11 is 1.29. The van der Waals surface area contributed by atoms with Crippen molar-refractivity contribution < 1.29 is 24.2 Å². The number of carboxylic acid groups (broad SMARTS) is 1. The van der Waals surface area contributed by atoms with Crippen LogP contribution in [0, 0.1) is 0 Å². The number of thioether (sulfide) groups is 1. The summed E-state index contributed by atoms with van der Waals surface area (Å²) in [5, 5.41) is 8.51. The van der Waals surface area contributed by atoms with Gasteiger partial charge in [-0.1, -0.05) is 18.2 Å². The van der Waals surface area contributed by atoms with Crippen LogP contribution >= 0.6 is 11.8 Å². The van der Waals surface area contributed by atoms with Gasteiger partial charge in [-0.2, -0.15) is 0 Å². The van der Waals surface area contributed by atoms with Crippen molar-refractivity contribution >= 4 is 29.6 Å². The van der Waals surface area contributed by atoms with Crippen molar-refractivity contribution in [2.45, 2.75) is 17.2 Å². The lowest BCUT2D eigenvalue weighted by Gasteiger charge is -2.45. The zero-order chi connectivity index (χ0) is 16.6. The maximum absolute atomic E-state index is 12.0. The molecule has 120 valence electrons. The first-order valence-electron chi connectivity index (χ1n) is 6.90. The number of β-lactam (4-membered cyclic amide) rings is 1. The van der Waals surface area contributed by atoms with Crippen LogP contribution in [0.5, 0.6) is 0 Å². The van der Waals surface area contributed by atoms with Gasteiger partial charge in [0.15, 0.2) is 0 Å². The van der Waals surface area contributed by atoms with Gasteiger partial charge >= 0.3 is 11.9 Å². The number of nitrogens with zero attached hydrogens (tertiary/aromatic N) is 1. The third-order valence-electron chi connectivity index (χ3n) is 3.67. The highest BCUT2D eigenvalue weighted by Gasteiger charge is 2.47. The Bertz CT molecular complexity index is 703. The topological polar surface area (TPSA) is 110 Å². The Morgan fingerprint density at radius 2 is 2.04 bits per heavy atom. The molecule has 0 saturated carbocycles. The predicted octanol–water partition coefficient (Wildman–Crippen LogP) is 0.772. The molecule has 8 heteroatoms. The Morgan fingerprint density at radius 3 is 2.65 bits per heavy atom. The highest BCUT2D eigenvalue weighted by Crippen LogP contribution is 2.42. The van der Waals surface area contributed by atoms with Crippen LogP contribution in [0.4, 0.5) is 0 Å². The molecule has 0 spiro atoms. The Balaban J connectivity index is 1.81. The smallest absolute Gasteiger partial charge is 0.352 e. The molecule has 23 heavy (non-hydrogen) atoms. The summed E-state index contributed by atoms with van der Waals surface area (Å²) in [6, 6.07) is 8.36. The molecular weight excluding hydrogens is 320 g/mol. The average Bonchev–Trinajstić information content (AvgIpc) is 2.53. The molecule has 2 atom stereocenters. The maximum Gasteiger partial charge on any atom is 0.352 e. The molecule has 7 nitrogen and oxygen atoms in total. The molecule has 3 N–H and O–H groups in total. The predicted molar refractivity (Wildman–Crippen MR) is 82.2 cm³/mol. The zero-order valence-corrected chi connectivity index (χ0v) is 12.8. The van der Waals surface area contributed by atoms with E-state index in [0.717, 1.165) is 0 Å². The zero-order valence-electron chi connectivity index (χ0n) is 12.0. The molecule has 1 saturated heterocycles. The van der Waals surface area contributed by atoms with Crippen LogP contribution in [-0.4, -0.2) is 45.2 Å². The third-order valence-corrected chi connectivity index (χ3v) is 4.94. The molecule has 1 unspecified atom stereocenters. The summed E-state index contributed by atoms with van der Waals surface area (Å²) in [7, 11) is 0. The minimum atomic E-state index is -1.25. The second-order valence-corrected chi connectivity index (χ2v) is 6.42. The number of amides is 1. The van der Waals surface area contributed by atoms with Gasteiger partial charge in [-0.15, -0.1) is 11.8 Å². The van der Waals surface area contributed by atoms with Crippen molar-refractivity contribution in [1.29, 1.82) is 0 Å². The number of hydrogen-bond donors (Lipinski definition) is 2. The molecule has 0 aliphatic carbocycles. The second-order valence-electron chi connectivity index (χ2n) is 5.10. The van der Waals surface area contributed by atoms with E-state index in [2.05, 4.69) is 0 Å². The molecule has 0 radical (unpaired) electrons. The molecular formula is C15H14N2O5S. The van der Waals surface area contributed by atoms with Crippen molar-refractivity contribution in [1.82, 2.24) is 4.90 Å². The van der Waals surface area contributed by atoms with Gasteiger partial charge in [0.05, 0.1) is 22.7 Å². The molecule has 1 aromatic rings. The molecule has 0 aromatic heterocycles. The van der Waals surface area contributed by atoms with Crippen LogP contribution in [0.15, 0.2) is 41.6 Å². The number of rotatable bonds is 4. The first kappa shape index (κ1) is 15.6. The summed E-state index contributed by atoms with van der Waals surface area (Å²) in [6.07, 6.45) is 0.270. The molecule has 2 aliphatic heterocycles. The lowest BCUT2D eigenvalue weighted by atomic mass is 10.1. The molecule has 0 bridgehead atoms. The Labute approximate surface area is 136 Å². The van der Waals surface area contributed by atoms with Gasteiger partial charge in [0, 0.05) is 5.57 Å². The SMILES string of the molecule is NC1S[C@@H]2CC(=O)N2C(C(=O)O)=C1COC(=O)c1ccccc1. The Hall–Kier alpha value is -2.32. The fraction of sp³-hybridized carbons (Fsp3) is 0.267. The van der Waals surface area contributed by atoms with Crippen molar-refractivity contribution in [2.75, 3.05) is 6.61 Å². The number of ether oxygens (including phenoxy) is 1. The van der Waals surface area contributed by atoms with Crippen molar-refractivity contribution in [3.05, 3.63) is 47.2 Å². The van der Waals surface area contributed by atoms with Crippen molar-refractivity contribution in [2.24, 2.45) is 5.73 Å². The van der Waals surface area contributed by atoms with Crippen LogP contribution in [0.3, 0.4) is 0 Å². The van der Waals surface area contributed by atoms with Crippen LogP contribution in [0.2, 0.25) is 0 Å². The van der Waals surface area contributed by atoms with E-state index in [1.54, 1.807) is 30.3 Å². The average molecular weight is 334 g/mol. The largest absolute Gasteiger partial charge is 0.477 e. The van der Waals surface area contributed by atoms with Crippen LogP contribution < -0.4 is 5.73 Å². The summed E-state index contributed by atoms with van der Waals surface area (Å²) in [6.45, 7) is -0.264. The van der Waals surface area contributed by atoms with Crippen molar-refractivity contribution in [3.63, 3.8) is 0 Å². The van der Waals surface area contributed by atoms with Gasteiger partial charge in [-0.25, -0.2) is 9.59 Å². The van der Waals surface area contributed by atoms with E-state index >= 15 is 0 Å². The number of carbonyl (C=O) groups is 3. The van der Waals surface area contributed by atoms with Crippen LogP contribution in [-0.2, 0) is 14.3 Å². The van der Waals surface area contributed by atoms with Gasteiger partial charge in [0.25, 0.3) is 0 Å². The fourth-order valence-electron chi connectivity index (χ4n) is 2.50. The number of fused-ring (bicyclic) bond motifs is 1. The molecule has 2 heterocycles. The first-order valence-corrected chi connectivity index (χ1v) is 7.85. The molecule has 1 aromatic carbocycles. The second kappa shape index (κ2) is 6.05. The standard InChI is InChI=1S/C15H14N2O5S/c16-13-9(7-22-15(21)8-4-2-1-3-5-8)12(14(19)20)17-10(18)6-11(17)23-13/h1-5,11,13H,6-7,16H2,(H,19,20)/t11-,13?/m1/s1. The maximum atomic E-state index is 12.0. The van der Waals surface area contributed by atoms with Crippen LogP contribution in [0.25, 0.3) is 0 Å². The quantitative estimate of drug-likeness (QED) is 0.618. The van der Waals surface area contributed by atoms with Gasteiger partial charge in [0.1, 0.15) is 12.3 Å². The molecule has 2 aliphatic rings. The Kier molecular flexibility index (Phi) is 4.10. The molecule has 1 fully saturated rings. The third kappa shape index (κ3) is 2.82. The summed E-state index contributed by atoms with van der Waals surface area (Å²) in [5.74, 6) is -2.08. The van der Waals surface area contributed by atoms with E-state index in [-0.39, 0.29) is 35.6 Å². The Morgan fingerprint density at radius 1 is 1.35 bits per heavy atom. The van der Waals surface area contributed by atoms with E-state index < -0.39 is 17.3 Å². The van der Waals surface area contributed by atoms with Gasteiger partial charge < -0.3 is 15.6 Å². The van der Waals surface area contributed by atoms with E-state index in [0.29, 0.717) is 5.56 Å². The summed E-state index contributed by atoms with van der Waals surface area (Å²) in [4.78, 5) is 36.3.